The van der Waals surface area contributed by atoms with Crippen molar-refractivity contribution >= 4 is 27.6 Å². The summed E-state index contributed by atoms with van der Waals surface area (Å²) in [6.45, 7) is 3.01. The van der Waals surface area contributed by atoms with Crippen LogP contribution in [0.5, 0.6) is 0 Å². The highest BCUT2D eigenvalue weighted by molar-refractivity contribution is 7.17. The lowest BCUT2D eigenvalue weighted by atomic mass is 9.93. The van der Waals surface area contributed by atoms with Gasteiger partial charge in [-0.15, -0.1) is 11.3 Å². The van der Waals surface area contributed by atoms with Crippen LogP contribution in [0.4, 0.5) is 0 Å². The molecule has 1 saturated heterocycles. The Morgan fingerprint density at radius 2 is 2.29 bits per heavy atom. The molecule has 1 aliphatic carbocycles. The molecule has 2 fully saturated rings. The zero-order valence-electron chi connectivity index (χ0n) is 11.7. The molecule has 1 saturated carbocycles. The molecule has 1 aliphatic heterocycles. The molecule has 0 radical (unpaired) electrons. The number of aliphatic carboxylic acids is 1. The quantitative estimate of drug-likeness (QED) is 0.941. The van der Waals surface area contributed by atoms with E-state index in [9.17, 15) is 4.79 Å². The van der Waals surface area contributed by atoms with Gasteiger partial charge in [0.25, 0.3) is 0 Å². The largest absolute Gasteiger partial charge is 0.481 e. The van der Waals surface area contributed by atoms with Gasteiger partial charge in [-0.3, -0.25) is 4.79 Å². The Morgan fingerprint density at radius 3 is 3.00 bits per heavy atom. The number of thiophene rings is 1. The van der Waals surface area contributed by atoms with Crippen molar-refractivity contribution < 1.29 is 14.4 Å². The van der Waals surface area contributed by atoms with E-state index in [2.05, 4.69) is 10.1 Å². The zero-order chi connectivity index (χ0) is 14.4. The number of carbonyl (C=O) groups is 1. The monoisotopic (exact) mass is 306 g/mol. The van der Waals surface area contributed by atoms with Crippen LogP contribution in [0.15, 0.2) is 16.0 Å². The van der Waals surface area contributed by atoms with Gasteiger partial charge in [-0.2, -0.15) is 0 Å². The number of carboxylic acid groups (broad SMARTS) is 1. The molecule has 2 aromatic rings. The number of likely N-dealkylation sites (tertiary alicyclic amines) is 1. The van der Waals surface area contributed by atoms with Crippen LogP contribution in [0.25, 0.3) is 10.3 Å². The van der Waals surface area contributed by atoms with Crippen LogP contribution in [0.2, 0.25) is 0 Å². The summed E-state index contributed by atoms with van der Waals surface area (Å²) in [6, 6.07) is 1.98. The summed E-state index contributed by atoms with van der Waals surface area (Å²) in [5.41, 5.74) is 2.02. The average molecular weight is 306 g/mol. The fourth-order valence-electron chi connectivity index (χ4n) is 3.43. The molecule has 2 aliphatic rings. The minimum Gasteiger partial charge on any atom is -0.481 e. The van der Waals surface area contributed by atoms with E-state index < -0.39 is 5.97 Å². The Bertz CT molecular complexity index is 657. The van der Waals surface area contributed by atoms with E-state index in [1.807, 2.05) is 11.4 Å². The van der Waals surface area contributed by atoms with Gasteiger partial charge in [-0.05, 0) is 49.7 Å². The summed E-state index contributed by atoms with van der Waals surface area (Å²) >= 11 is 1.70. The Morgan fingerprint density at radius 1 is 1.48 bits per heavy atom. The average Bonchev–Trinajstić information content (AvgIpc) is 2.92. The molecule has 6 heteroatoms. The summed E-state index contributed by atoms with van der Waals surface area (Å²) in [6.07, 6.45) is 3.03. The molecule has 1 N–H and O–H groups in total. The third-order valence-corrected chi connectivity index (χ3v) is 5.73. The van der Waals surface area contributed by atoms with Gasteiger partial charge in [0.05, 0.1) is 10.6 Å². The van der Waals surface area contributed by atoms with E-state index in [0.717, 1.165) is 50.2 Å². The van der Waals surface area contributed by atoms with Crippen molar-refractivity contribution in [1.82, 2.24) is 10.1 Å². The minimum absolute atomic E-state index is 0.0935. The van der Waals surface area contributed by atoms with Crippen molar-refractivity contribution in [2.24, 2.45) is 11.8 Å². The molecule has 2 aromatic heterocycles. The van der Waals surface area contributed by atoms with Crippen molar-refractivity contribution in [3.05, 3.63) is 17.1 Å². The highest BCUT2D eigenvalue weighted by atomic mass is 32.1. The lowest BCUT2D eigenvalue weighted by Crippen LogP contribution is -2.35. The molecule has 2 atom stereocenters. The summed E-state index contributed by atoms with van der Waals surface area (Å²) in [4.78, 5) is 13.3. The maximum Gasteiger partial charge on any atom is 0.306 e. The number of piperidine rings is 1. The van der Waals surface area contributed by atoms with Crippen molar-refractivity contribution in [1.29, 1.82) is 0 Å². The number of fused-ring (bicyclic) bond motifs is 1. The summed E-state index contributed by atoms with van der Waals surface area (Å²) in [5.74, 6) is 0.132. The lowest BCUT2D eigenvalue weighted by Gasteiger charge is -2.31. The van der Waals surface area contributed by atoms with Crippen LogP contribution < -0.4 is 0 Å². The number of carboxylic acids is 1. The summed E-state index contributed by atoms with van der Waals surface area (Å²) in [7, 11) is 0. The zero-order valence-corrected chi connectivity index (χ0v) is 12.5. The fraction of sp³-hybridized carbons (Fsp3) is 0.600. The molecule has 0 bridgehead atoms. The van der Waals surface area contributed by atoms with Crippen LogP contribution in [0.3, 0.4) is 0 Å². The highest BCUT2D eigenvalue weighted by Crippen LogP contribution is 2.41. The standard InChI is InChI=1S/C15H18N2O3S/c18-15(19)11-7-10(11)8-17-4-1-9(2-5-17)13-14-12(20-16-13)3-6-21-14/h3,6,9-11H,1-2,4-5,7-8H2,(H,18,19)/t10-,11+/m1/s1. The van der Waals surface area contributed by atoms with E-state index in [4.69, 9.17) is 9.63 Å². The Kier molecular flexibility index (Phi) is 3.23. The van der Waals surface area contributed by atoms with Crippen LogP contribution in [-0.4, -0.2) is 40.8 Å². The van der Waals surface area contributed by atoms with Gasteiger partial charge >= 0.3 is 5.97 Å². The number of rotatable bonds is 4. The van der Waals surface area contributed by atoms with Crippen molar-refractivity contribution in [2.75, 3.05) is 19.6 Å². The smallest absolute Gasteiger partial charge is 0.306 e. The molecule has 5 nitrogen and oxygen atoms in total. The van der Waals surface area contributed by atoms with E-state index in [-0.39, 0.29) is 5.92 Å². The Labute approximate surface area is 126 Å². The van der Waals surface area contributed by atoms with Gasteiger partial charge in [0.2, 0.25) is 0 Å². The van der Waals surface area contributed by atoms with Crippen LogP contribution in [0, 0.1) is 11.8 Å². The van der Waals surface area contributed by atoms with Crippen LogP contribution >= 0.6 is 11.3 Å². The number of hydrogen-bond acceptors (Lipinski definition) is 5. The number of nitrogens with zero attached hydrogens (tertiary/aromatic N) is 2. The van der Waals surface area contributed by atoms with Gasteiger partial charge < -0.3 is 14.5 Å². The topological polar surface area (TPSA) is 66.6 Å². The predicted octanol–water partition coefficient (Wildman–Crippen LogP) is 2.79. The van der Waals surface area contributed by atoms with Gasteiger partial charge in [-0.1, -0.05) is 5.16 Å². The van der Waals surface area contributed by atoms with Crippen LogP contribution in [0.1, 0.15) is 30.9 Å². The second kappa shape index (κ2) is 5.10. The van der Waals surface area contributed by atoms with E-state index in [1.165, 1.54) is 4.70 Å². The second-order valence-electron chi connectivity index (χ2n) is 6.20. The molecule has 0 aromatic carbocycles. The SMILES string of the molecule is O=C(O)[C@H]1C[C@@H]1CN1CCC(c2noc3ccsc23)CC1. The molecule has 0 spiro atoms. The second-order valence-corrected chi connectivity index (χ2v) is 7.11. The molecule has 0 amide bonds. The van der Waals surface area contributed by atoms with E-state index in [0.29, 0.717) is 11.8 Å². The molecule has 3 heterocycles. The van der Waals surface area contributed by atoms with E-state index in [1.54, 1.807) is 11.3 Å². The first-order valence-electron chi connectivity index (χ1n) is 7.50. The van der Waals surface area contributed by atoms with Gasteiger partial charge in [0, 0.05) is 12.5 Å². The maximum absolute atomic E-state index is 10.9. The first-order chi connectivity index (χ1) is 10.2. The minimum atomic E-state index is -0.627. The first kappa shape index (κ1) is 13.3. The summed E-state index contributed by atoms with van der Waals surface area (Å²) < 4.78 is 6.56. The van der Waals surface area contributed by atoms with Gasteiger partial charge in [0.1, 0.15) is 5.69 Å². The normalized spacial score (nSPS) is 27.2. The van der Waals surface area contributed by atoms with Gasteiger partial charge in [-0.25, -0.2) is 0 Å². The third kappa shape index (κ3) is 2.46. The predicted molar refractivity (Wildman–Crippen MR) is 79.5 cm³/mol. The van der Waals surface area contributed by atoms with Gasteiger partial charge in [0.15, 0.2) is 5.58 Å². The molecule has 4 rings (SSSR count). The third-order valence-electron chi connectivity index (χ3n) is 4.81. The maximum atomic E-state index is 10.9. The van der Waals surface area contributed by atoms with Crippen molar-refractivity contribution in [3.8, 4) is 0 Å². The number of hydrogen-bond donors (Lipinski definition) is 1. The molecule has 0 unspecified atom stereocenters. The molecule has 21 heavy (non-hydrogen) atoms. The fourth-order valence-corrected chi connectivity index (χ4v) is 4.30. The lowest BCUT2D eigenvalue weighted by molar-refractivity contribution is -0.138. The van der Waals surface area contributed by atoms with Crippen molar-refractivity contribution in [3.63, 3.8) is 0 Å². The van der Waals surface area contributed by atoms with Crippen molar-refractivity contribution in [2.45, 2.75) is 25.2 Å². The molecular weight excluding hydrogens is 288 g/mol. The van der Waals surface area contributed by atoms with Crippen LogP contribution in [-0.2, 0) is 4.79 Å². The number of aromatic nitrogens is 1. The Balaban J connectivity index is 1.35. The molecule has 112 valence electrons. The molecular formula is C15H18N2O3S. The Hall–Kier alpha value is -1.40. The highest BCUT2D eigenvalue weighted by Gasteiger charge is 2.44. The first-order valence-corrected chi connectivity index (χ1v) is 8.38. The summed E-state index contributed by atoms with van der Waals surface area (Å²) in [5, 5.41) is 15.3. The van der Waals surface area contributed by atoms with E-state index >= 15 is 0 Å².